The molecule has 1 saturated heterocycles. The summed E-state index contributed by atoms with van der Waals surface area (Å²) in [5.74, 6) is 0.150. The fourth-order valence-electron chi connectivity index (χ4n) is 1.98. The topological polar surface area (TPSA) is 32.3 Å². The predicted octanol–water partition coefficient (Wildman–Crippen LogP) is 1.51. The molecule has 2 rings (SSSR count). The lowest BCUT2D eigenvalue weighted by Gasteiger charge is -2.19. The average molecular weight is 218 g/mol. The molecule has 0 aromatic heterocycles. The standard InChI is InChI=1S/C13H18N2O/c1-11-7-9-15(10-8-14-11)13(16)12-5-3-2-4-6-12/h2-6,11,14H,7-10H2,1H3/t11-/m1/s1. The molecule has 1 atom stereocenters. The van der Waals surface area contributed by atoms with Crippen LogP contribution in [0.1, 0.15) is 23.7 Å². The van der Waals surface area contributed by atoms with E-state index < -0.39 is 0 Å². The van der Waals surface area contributed by atoms with Crippen LogP contribution in [0.15, 0.2) is 30.3 Å². The van der Waals surface area contributed by atoms with Gasteiger partial charge in [0.1, 0.15) is 0 Å². The van der Waals surface area contributed by atoms with E-state index in [1.165, 1.54) is 0 Å². The molecule has 3 heteroatoms. The van der Waals surface area contributed by atoms with Crippen LogP contribution in [0.3, 0.4) is 0 Å². The Balaban J connectivity index is 2.04. The van der Waals surface area contributed by atoms with Gasteiger partial charge in [-0.3, -0.25) is 4.79 Å². The summed E-state index contributed by atoms with van der Waals surface area (Å²) in [5.41, 5.74) is 0.789. The number of amides is 1. The first-order valence-electron chi connectivity index (χ1n) is 5.85. The van der Waals surface area contributed by atoms with E-state index in [-0.39, 0.29) is 5.91 Å². The summed E-state index contributed by atoms with van der Waals surface area (Å²) in [6, 6.07) is 10.0. The van der Waals surface area contributed by atoms with Gasteiger partial charge < -0.3 is 10.2 Å². The molecule has 1 fully saturated rings. The molecule has 0 spiro atoms. The van der Waals surface area contributed by atoms with Crippen molar-refractivity contribution < 1.29 is 4.79 Å². The summed E-state index contributed by atoms with van der Waals surface area (Å²) in [5, 5.41) is 3.39. The number of carbonyl (C=O) groups excluding carboxylic acids is 1. The van der Waals surface area contributed by atoms with Crippen LogP contribution in [0, 0.1) is 0 Å². The van der Waals surface area contributed by atoms with Gasteiger partial charge in [-0.2, -0.15) is 0 Å². The molecule has 3 nitrogen and oxygen atoms in total. The highest BCUT2D eigenvalue weighted by atomic mass is 16.2. The fraction of sp³-hybridized carbons (Fsp3) is 0.462. The molecule has 0 unspecified atom stereocenters. The molecular formula is C13H18N2O. The molecule has 1 heterocycles. The smallest absolute Gasteiger partial charge is 0.253 e. The Bertz CT molecular complexity index is 350. The van der Waals surface area contributed by atoms with Gasteiger partial charge in [-0.15, -0.1) is 0 Å². The number of hydrogen-bond acceptors (Lipinski definition) is 2. The molecule has 1 aromatic rings. The number of nitrogens with one attached hydrogen (secondary N) is 1. The van der Waals surface area contributed by atoms with Gasteiger partial charge in [0.15, 0.2) is 0 Å². The first kappa shape index (κ1) is 11.1. The van der Waals surface area contributed by atoms with Gasteiger partial charge in [0.05, 0.1) is 0 Å². The number of nitrogens with zero attached hydrogens (tertiary/aromatic N) is 1. The van der Waals surface area contributed by atoms with Crippen LogP contribution in [0.4, 0.5) is 0 Å². The molecule has 0 bridgehead atoms. The van der Waals surface area contributed by atoms with Gasteiger partial charge in [0.25, 0.3) is 5.91 Å². The molecule has 0 saturated carbocycles. The minimum absolute atomic E-state index is 0.150. The number of benzene rings is 1. The van der Waals surface area contributed by atoms with Crippen LogP contribution in [0.5, 0.6) is 0 Å². The molecule has 0 aliphatic carbocycles. The average Bonchev–Trinajstić information content (AvgIpc) is 2.54. The van der Waals surface area contributed by atoms with Crippen LogP contribution in [0.25, 0.3) is 0 Å². The summed E-state index contributed by atoms with van der Waals surface area (Å²) in [6.07, 6.45) is 1.03. The first-order valence-corrected chi connectivity index (χ1v) is 5.85. The predicted molar refractivity (Wildman–Crippen MR) is 64.4 cm³/mol. The van der Waals surface area contributed by atoms with Crippen molar-refractivity contribution in [3.63, 3.8) is 0 Å². The van der Waals surface area contributed by atoms with Gasteiger partial charge in [-0.05, 0) is 25.5 Å². The largest absolute Gasteiger partial charge is 0.337 e. The molecule has 0 radical (unpaired) electrons. The van der Waals surface area contributed by atoms with Crippen molar-refractivity contribution in [2.45, 2.75) is 19.4 Å². The zero-order valence-electron chi connectivity index (χ0n) is 9.65. The van der Waals surface area contributed by atoms with Gasteiger partial charge in [0.2, 0.25) is 0 Å². The minimum Gasteiger partial charge on any atom is -0.337 e. The highest BCUT2D eigenvalue weighted by Crippen LogP contribution is 2.08. The van der Waals surface area contributed by atoms with Crippen LogP contribution >= 0.6 is 0 Å². The number of hydrogen-bond donors (Lipinski definition) is 1. The van der Waals surface area contributed by atoms with Crippen molar-refractivity contribution in [1.29, 1.82) is 0 Å². The molecule has 86 valence electrons. The van der Waals surface area contributed by atoms with Crippen LogP contribution in [-0.4, -0.2) is 36.5 Å². The molecule has 1 N–H and O–H groups in total. The first-order chi connectivity index (χ1) is 7.77. The molecule has 1 amide bonds. The Morgan fingerprint density at radius 1 is 1.31 bits per heavy atom. The highest BCUT2D eigenvalue weighted by molar-refractivity contribution is 5.94. The molecule has 1 aliphatic heterocycles. The van der Waals surface area contributed by atoms with Gasteiger partial charge in [-0.25, -0.2) is 0 Å². The van der Waals surface area contributed by atoms with E-state index in [2.05, 4.69) is 12.2 Å². The Kier molecular flexibility index (Phi) is 3.57. The normalized spacial score (nSPS) is 21.6. The molecule has 1 aromatic carbocycles. The third kappa shape index (κ3) is 2.61. The fourth-order valence-corrected chi connectivity index (χ4v) is 1.98. The second-order valence-electron chi connectivity index (χ2n) is 4.30. The van der Waals surface area contributed by atoms with Crippen molar-refractivity contribution in [3.05, 3.63) is 35.9 Å². The quantitative estimate of drug-likeness (QED) is 0.775. The van der Waals surface area contributed by atoms with Crippen LogP contribution < -0.4 is 5.32 Å². The minimum atomic E-state index is 0.150. The Morgan fingerprint density at radius 3 is 2.81 bits per heavy atom. The number of carbonyl (C=O) groups is 1. The summed E-state index contributed by atoms with van der Waals surface area (Å²) >= 11 is 0. The summed E-state index contributed by atoms with van der Waals surface area (Å²) < 4.78 is 0. The highest BCUT2D eigenvalue weighted by Gasteiger charge is 2.18. The van der Waals surface area contributed by atoms with E-state index in [4.69, 9.17) is 0 Å². The van der Waals surface area contributed by atoms with Crippen molar-refractivity contribution in [3.8, 4) is 0 Å². The van der Waals surface area contributed by atoms with Gasteiger partial charge in [-0.1, -0.05) is 18.2 Å². The second kappa shape index (κ2) is 5.12. The third-order valence-electron chi connectivity index (χ3n) is 3.01. The number of rotatable bonds is 1. The Morgan fingerprint density at radius 2 is 2.06 bits per heavy atom. The van der Waals surface area contributed by atoms with Crippen molar-refractivity contribution in [2.75, 3.05) is 19.6 Å². The second-order valence-corrected chi connectivity index (χ2v) is 4.30. The van der Waals surface area contributed by atoms with E-state index in [9.17, 15) is 4.79 Å². The Labute approximate surface area is 96.5 Å². The lowest BCUT2D eigenvalue weighted by Crippen LogP contribution is -2.34. The van der Waals surface area contributed by atoms with Crippen molar-refractivity contribution >= 4 is 5.91 Å². The van der Waals surface area contributed by atoms with E-state index in [1.54, 1.807) is 0 Å². The molecular weight excluding hydrogens is 200 g/mol. The maximum Gasteiger partial charge on any atom is 0.253 e. The third-order valence-corrected chi connectivity index (χ3v) is 3.01. The van der Waals surface area contributed by atoms with Gasteiger partial charge >= 0.3 is 0 Å². The monoisotopic (exact) mass is 218 g/mol. The van der Waals surface area contributed by atoms with Crippen LogP contribution in [0.2, 0.25) is 0 Å². The Hall–Kier alpha value is -1.35. The van der Waals surface area contributed by atoms with E-state index in [0.717, 1.165) is 31.6 Å². The summed E-state index contributed by atoms with van der Waals surface area (Å²) in [6.45, 7) is 4.70. The van der Waals surface area contributed by atoms with E-state index >= 15 is 0 Å². The molecule has 1 aliphatic rings. The van der Waals surface area contributed by atoms with Crippen molar-refractivity contribution in [2.24, 2.45) is 0 Å². The lowest BCUT2D eigenvalue weighted by atomic mass is 10.2. The zero-order chi connectivity index (χ0) is 11.4. The summed E-state index contributed by atoms with van der Waals surface area (Å²) in [4.78, 5) is 14.1. The zero-order valence-corrected chi connectivity index (χ0v) is 9.65. The van der Waals surface area contributed by atoms with E-state index in [1.807, 2.05) is 35.2 Å². The van der Waals surface area contributed by atoms with Crippen LogP contribution in [-0.2, 0) is 0 Å². The molecule has 16 heavy (non-hydrogen) atoms. The van der Waals surface area contributed by atoms with Crippen molar-refractivity contribution in [1.82, 2.24) is 10.2 Å². The maximum absolute atomic E-state index is 12.2. The van der Waals surface area contributed by atoms with E-state index in [0.29, 0.717) is 6.04 Å². The van der Waals surface area contributed by atoms with Gasteiger partial charge in [0, 0.05) is 31.2 Å². The SMILES string of the molecule is C[C@@H]1CCN(C(=O)c2ccccc2)CCN1. The summed E-state index contributed by atoms with van der Waals surface area (Å²) in [7, 11) is 0. The maximum atomic E-state index is 12.2. The lowest BCUT2D eigenvalue weighted by molar-refractivity contribution is 0.0765.